The minimum atomic E-state index is -0.151. The van der Waals surface area contributed by atoms with Crippen LogP contribution in [0.25, 0.3) is 0 Å². The van der Waals surface area contributed by atoms with Crippen LogP contribution in [0.3, 0.4) is 0 Å². The summed E-state index contributed by atoms with van der Waals surface area (Å²) in [4.78, 5) is 4.44. The molecule has 0 bridgehead atoms. The van der Waals surface area contributed by atoms with Gasteiger partial charge in [-0.05, 0) is 48.6 Å². The van der Waals surface area contributed by atoms with Crippen molar-refractivity contribution in [1.29, 1.82) is 0 Å². The zero-order valence-electron chi connectivity index (χ0n) is 13.3. The molecular formula is C19H21N3O. The second-order valence-corrected chi connectivity index (χ2v) is 6.27. The fourth-order valence-corrected chi connectivity index (χ4v) is 3.35. The average molecular weight is 307 g/mol. The zero-order chi connectivity index (χ0) is 15.8. The molecular weight excluding hydrogens is 286 g/mol. The van der Waals surface area contributed by atoms with Gasteiger partial charge in [-0.1, -0.05) is 30.3 Å². The molecule has 118 valence electrons. The van der Waals surface area contributed by atoms with Gasteiger partial charge in [-0.2, -0.15) is 0 Å². The number of rotatable bonds is 3. The summed E-state index contributed by atoms with van der Waals surface area (Å²) in [5.74, 6) is 1.34. The van der Waals surface area contributed by atoms with Gasteiger partial charge in [-0.15, -0.1) is 0 Å². The maximum Gasteiger partial charge on any atom is 0.153 e. The number of benzene rings is 2. The lowest BCUT2D eigenvalue weighted by Gasteiger charge is -2.21. The van der Waals surface area contributed by atoms with E-state index in [4.69, 9.17) is 10.5 Å². The number of aliphatic imine (C=N–C) groups is 1. The molecule has 2 atom stereocenters. The Bertz CT molecular complexity index is 769. The van der Waals surface area contributed by atoms with Crippen molar-refractivity contribution in [2.24, 2.45) is 10.7 Å². The van der Waals surface area contributed by atoms with Crippen LogP contribution < -0.4 is 15.8 Å². The van der Waals surface area contributed by atoms with Gasteiger partial charge in [-0.3, -0.25) is 0 Å². The summed E-state index contributed by atoms with van der Waals surface area (Å²) in [5, 5.41) is 3.66. The van der Waals surface area contributed by atoms with E-state index in [1.165, 1.54) is 16.7 Å². The summed E-state index contributed by atoms with van der Waals surface area (Å²) in [6.45, 7) is 2.73. The van der Waals surface area contributed by atoms with E-state index >= 15 is 0 Å². The van der Waals surface area contributed by atoms with Gasteiger partial charge in [0.05, 0.1) is 0 Å². The summed E-state index contributed by atoms with van der Waals surface area (Å²) in [6, 6.07) is 15.3. The third-order valence-corrected chi connectivity index (χ3v) is 4.68. The Labute approximate surface area is 136 Å². The van der Waals surface area contributed by atoms with E-state index < -0.39 is 0 Å². The number of fused-ring (bicyclic) bond motifs is 2. The molecule has 4 nitrogen and oxygen atoms in total. The van der Waals surface area contributed by atoms with Gasteiger partial charge in [-0.25, -0.2) is 4.99 Å². The topological polar surface area (TPSA) is 59.6 Å². The Morgan fingerprint density at radius 1 is 1.26 bits per heavy atom. The lowest BCUT2D eigenvalue weighted by atomic mass is 10.1. The molecule has 4 rings (SSSR count). The second kappa shape index (κ2) is 5.70. The third kappa shape index (κ3) is 2.70. The van der Waals surface area contributed by atoms with Crippen molar-refractivity contribution in [3.63, 3.8) is 0 Å². The minimum absolute atomic E-state index is 0.151. The van der Waals surface area contributed by atoms with Crippen LogP contribution in [0, 0.1) is 0 Å². The van der Waals surface area contributed by atoms with Crippen molar-refractivity contribution in [2.75, 3.05) is 0 Å². The van der Waals surface area contributed by atoms with Gasteiger partial charge in [0.2, 0.25) is 0 Å². The van der Waals surface area contributed by atoms with E-state index in [0.29, 0.717) is 11.9 Å². The van der Waals surface area contributed by atoms with Crippen LogP contribution in [0.15, 0.2) is 47.5 Å². The average Bonchev–Trinajstić information content (AvgIpc) is 2.97. The standard InChI is InChI=1S/C19H21N3O/c1-12-19(20)22-17-10-13(6-9-18(17)23-12)11-21-16-8-7-14-4-2-3-5-15(14)16/h2-6,9-10,12,16,21H,7-8,11H2,1H3,(H2,20,22). The second-order valence-electron chi connectivity index (χ2n) is 6.27. The summed E-state index contributed by atoms with van der Waals surface area (Å²) in [6.07, 6.45) is 2.17. The molecule has 1 heterocycles. The number of hydrogen-bond acceptors (Lipinski definition) is 4. The predicted octanol–water partition coefficient (Wildman–Crippen LogP) is 3.23. The van der Waals surface area contributed by atoms with Gasteiger partial charge in [0, 0.05) is 12.6 Å². The summed E-state index contributed by atoms with van der Waals surface area (Å²) in [5.41, 5.74) is 10.8. The van der Waals surface area contributed by atoms with Crippen molar-refractivity contribution in [3.05, 3.63) is 59.2 Å². The van der Waals surface area contributed by atoms with Gasteiger partial charge in [0.15, 0.2) is 6.10 Å². The highest BCUT2D eigenvalue weighted by Gasteiger charge is 2.22. The molecule has 4 heteroatoms. The number of nitrogens with two attached hydrogens (primary N) is 1. The highest BCUT2D eigenvalue weighted by molar-refractivity contribution is 5.89. The van der Waals surface area contributed by atoms with E-state index in [-0.39, 0.29) is 6.10 Å². The monoisotopic (exact) mass is 307 g/mol. The van der Waals surface area contributed by atoms with E-state index in [9.17, 15) is 0 Å². The van der Waals surface area contributed by atoms with Crippen molar-refractivity contribution in [3.8, 4) is 5.75 Å². The Morgan fingerprint density at radius 3 is 3.04 bits per heavy atom. The van der Waals surface area contributed by atoms with Crippen LogP contribution in [0.5, 0.6) is 5.75 Å². The first-order valence-electron chi connectivity index (χ1n) is 8.15. The van der Waals surface area contributed by atoms with E-state index in [1.54, 1.807) is 0 Å². The molecule has 0 aromatic heterocycles. The fraction of sp³-hybridized carbons (Fsp3) is 0.316. The van der Waals surface area contributed by atoms with Crippen LogP contribution >= 0.6 is 0 Å². The first kappa shape index (κ1) is 14.3. The first-order valence-corrected chi connectivity index (χ1v) is 8.15. The van der Waals surface area contributed by atoms with Gasteiger partial charge >= 0.3 is 0 Å². The third-order valence-electron chi connectivity index (χ3n) is 4.68. The number of amidine groups is 1. The molecule has 0 amide bonds. The van der Waals surface area contributed by atoms with E-state index in [1.807, 2.05) is 13.0 Å². The number of nitrogens with zero attached hydrogens (tertiary/aromatic N) is 1. The van der Waals surface area contributed by atoms with Crippen molar-refractivity contribution < 1.29 is 4.74 Å². The number of nitrogens with one attached hydrogen (secondary N) is 1. The Kier molecular flexibility index (Phi) is 3.54. The summed E-state index contributed by atoms with van der Waals surface area (Å²) < 4.78 is 5.75. The molecule has 2 aromatic rings. The SMILES string of the molecule is CC1Oc2ccc(CNC3CCc4ccccc43)cc2N=C1N. The Morgan fingerprint density at radius 2 is 2.13 bits per heavy atom. The lowest BCUT2D eigenvalue weighted by molar-refractivity contribution is 0.281. The summed E-state index contributed by atoms with van der Waals surface area (Å²) in [7, 11) is 0. The van der Waals surface area contributed by atoms with Crippen LogP contribution in [-0.4, -0.2) is 11.9 Å². The van der Waals surface area contributed by atoms with Crippen molar-refractivity contribution in [1.82, 2.24) is 5.32 Å². The molecule has 0 fully saturated rings. The maximum atomic E-state index is 5.88. The molecule has 0 spiro atoms. The lowest BCUT2D eigenvalue weighted by Crippen LogP contribution is -2.33. The molecule has 0 radical (unpaired) electrons. The van der Waals surface area contributed by atoms with Crippen LogP contribution in [0.1, 0.15) is 36.1 Å². The van der Waals surface area contributed by atoms with E-state index in [2.05, 4.69) is 46.7 Å². The van der Waals surface area contributed by atoms with Gasteiger partial charge in [0.25, 0.3) is 0 Å². The van der Waals surface area contributed by atoms with Gasteiger partial charge < -0.3 is 15.8 Å². The minimum Gasteiger partial charge on any atom is -0.481 e. The molecule has 23 heavy (non-hydrogen) atoms. The predicted molar refractivity (Wildman–Crippen MR) is 92.2 cm³/mol. The highest BCUT2D eigenvalue weighted by atomic mass is 16.5. The molecule has 2 unspecified atom stereocenters. The quantitative estimate of drug-likeness (QED) is 0.915. The first-order chi connectivity index (χ1) is 11.2. The molecule has 2 aromatic carbocycles. The summed E-state index contributed by atoms with van der Waals surface area (Å²) >= 11 is 0. The molecule has 3 N–H and O–H groups in total. The van der Waals surface area contributed by atoms with Crippen molar-refractivity contribution in [2.45, 2.75) is 38.5 Å². The molecule has 2 aliphatic rings. The highest BCUT2D eigenvalue weighted by Crippen LogP contribution is 2.34. The largest absolute Gasteiger partial charge is 0.481 e. The Balaban J connectivity index is 1.48. The number of aryl methyl sites for hydroxylation is 1. The van der Waals surface area contributed by atoms with E-state index in [0.717, 1.165) is 30.8 Å². The fourth-order valence-electron chi connectivity index (χ4n) is 3.35. The zero-order valence-corrected chi connectivity index (χ0v) is 13.3. The molecule has 0 saturated carbocycles. The molecule has 1 aliphatic carbocycles. The number of hydrogen-bond donors (Lipinski definition) is 2. The smallest absolute Gasteiger partial charge is 0.153 e. The van der Waals surface area contributed by atoms with Crippen LogP contribution in [0.4, 0.5) is 5.69 Å². The maximum absolute atomic E-state index is 5.88. The normalized spacial score (nSPS) is 22.0. The molecule has 1 aliphatic heterocycles. The van der Waals surface area contributed by atoms with Crippen LogP contribution in [0.2, 0.25) is 0 Å². The number of ether oxygens (including phenoxy) is 1. The van der Waals surface area contributed by atoms with Crippen molar-refractivity contribution >= 4 is 11.5 Å². The van der Waals surface area contributed by atoms with Crippen LogP contribution in [-0.2, 0) is 13.0 Å². The Hall–Kier alpha value is -2.33. The van der Waals surface area contributed by atoms with Gasteiger partial charge in [0.1, 0.15) is 17.3 Å². The molecule has 0 saturated heterocycles.